The van der Waals surface area contributed by atoms with E-state index in [4.69, 9.17) is 4.52 Å². The number of nitrogens with zero attached hydrogens (tertiary/aromatic N) is 6. The number of benzene rings is 1. The second-order valence-corrected chi connectivity index (χ2v) is 6.93. The van der Waals surface area contributed by atoms with Crippen LogP contribution in [0.2, 0.25) is 0 Å². The van der Waals surface area contributed by atoms with E-state index in [1.807, 2.05) is 0 Å². The Labute approximate surface area is 176 Å². The molecule has 2 N–H and O–H groups in total. The van der Waals surface area contributed by atoms with Gasteiger partial charge in [-0.15, -0.1) is 0 Å². The quantitative estimate of drug-likeness (QED) is 0.438. The second kappa shape index (κ2) is 7.14. The third-order valence-corrected chi connectivity index (χ3v) is 4.74. The Morgan fingerprint density at radius 2 is 2.06 bits per heavy atom. The molecule has 0 atom stereocenters. The summed E-state index contributed by atoms with van der Waals surface area (Å²) in [5, 5.41) is 6.54. The van der Waals surface area contributed by atoms with Crippen molar-refractivity contribution >= 4 is 28.1 Å². The van der Waals surface area contributed by atoms with Crippen LogP contribution in [0.3, 0.4) is 0 Å². The number of hydrogen-bond donors (Lipinski definition) is 2. The molecule has 0 unspecified atom stereocenters. The van der Waals surface area contributed by atoms with Crippen molar-refractivity contribution in [1.29, 1.82) is 0 Å². The van der Waals surface area contributed by atoms with Crippen LogP contribution in [0, 0.1) is 0 Å². The number of fused-ring (bicyclic) bond motifs is 2. The first-order valence-electron chi connectivity index (χ1n) is 9.23. The summed E-state index contributed by atoms with van der Waals surface area (Å²) in [6, 6.07) is 4.73. The van der Waals surface area contributed by atoms with Gasteiger partial charge in [-0.2, -0.15) is 13.2 Å². The number of imidazole rings is 2. The van der Waals surface area contributed by atoms with Gasteiger partial charge in [0.15, 0.2) is 17.2 Å². The lowest BCUT2D eigenvalue weighted by atomic mass is 10.2. The summed E-state index contributed by atoms with van der Waals surface area (Å²) in [5.74, 6) is -0.0346. The van der Waals surface area contributed by atoms with Crippen molar-refractivity contribution in [3.8, 4) is 11.6 Å². The van der Waals surface area contributed by atoms with Crippen molar-refractivity contribution < 1.29 is 22.5 Å². The van der Waals surface area contributed by atoms with Gasteiger partial charge in [0.2, 0.25) is 5.76 Å². The average Bonchev–Trinajstić information content (AvgIpc) is 3.49. The van der Waals surface area contributed by atoms with Crippen molar-refractivity contribution in [2.45, 2.75) is 12.7 Å². The van der Waals surface area contributed by atoms with E-state index >= 15 is 0 Å². The first-order valence-corrected chi connectivity index (χ1v) is 9.23. The molecule has 5 aromatic rings. The Morgan fingerprint density at radius 1 is 1.22 bits per heavy atom. The number of rotatable bonds is 4. The first-order chi connectivity index (χ1) is 15.3. The maximum Gasteiger partial charge on any atom is 0.416 e. The smallest absolute Gasteiger partial charge is 0.353 e. The number of carbonyl (C=O) groups excluding carboxylic acids is 1. The minimum Gasteiger partial charge on any atom is -0.353 e. The lowest BCUT2D eigenvalue weighted by Crippen LogP contribution is -2.24. The van der Waals surface area contributed by atoms with Gasteiger partial charge in [0, 0.05) is 13.1 Å². The van der Waals surface area contributed by atoms with E-state index in [0.29, 0.717) is 22.4 Å². The van der Waals surface area contributed by atoms with Crippen LogP contribution in [-0.2, 0) is 19.8 Å². The molecule has 0 spiro atoms. The molecule has 4 heterocycles. The zero-order valence-corrected chi connectivity index (χ0v) is 16.3. The number of alkyl halides is 3. The number of halogens is 3. The number of aryl methyl sites for hydroxylation is 1. The monoisotopic (exact) mass is 442 g/mol. The van der Waals surface area contributed by atoms with Crippen LogP contribution < -0.4 is 5.32 Å². The Morgan fingerprint density at radius 3 is 2.88 bits per heavy atom. The molecule has 1 amide bonds. The van der Waals surface area contributed by atoms with Gasteiger partial charge in [0.1, 0.15) is 17.5 Å². The van der Waals surface area contributed by atoms with Crippen LogP contribution in [0.4, 0.5) is 13.2 Å². The number of carbonyl (C=O) groups is 1. The fourth-order valence-electron chi connectivity index (χ4n) is 3.18. The fraction of sp³-hybridized carbons (Fsp3) is 0.158. The number of amides is 1. The number of nitrogens with one attached hydrogen (secondary N) is 2. The molecule has 0 radical (unpaired) electrons. The Balaban J connectivity index is 1.33. The molecule has 0 aliphatic carbocycles. The highest BCUT2D eigenvalue weighted by Gasteiger charge is 2.30. The Bertz CT molecular complexity index is 1470. The van der Waals surface area contributed by atoms with Crippen LogP contribution in [0.5, 0.6) is 0 Å². The van der Waals surface area contributed by atoms with E-state index in [0.717, 1.165) is 12.1 Å². The van der Waals surface area contributed by atoms with Crippen LogP contribution >= 0.6 is 0 Å². The van der Waals surface area contributed by atoms with Crippen molar-refractivity contribution in [3.63, 3.8) is 0 Å². The lowest BCUT2D eigenvalue weighted by molar-refractivity contribution is -0.137. The standard InChI is InChI=1S/C19H13F3N8O2/c1-30-8-26-14-15(24-7-25-17(14)30)18(31)23-6-10-5-13(32-29-10)16-27-11-3-2-9(19(20,21)22)4-12(11)28-16/h2-5,7-8H,6H2,1H3,(H,23,31)(H,27,28). The molecular weight excluding hydrogens is 429 g/mol. The lowest BCUT2D eigenvalue weighted by Gasteiger charge is -2.05. The van der Waals surface area contributed by atoms with Gasteiger partial charge in [0.05, 0.1) is 29.5 Å². The molecular formula is C19H13F3N8O2. The Kier molecular flexibility index (Phi) is 4.39. The Hall–Kier alpha value is -4.29. The van der Waals surface area contributed by atoms with Gasteiger partial charge in [-0.3, -0.25) is 4.79 Å². The molecule has 13 heteroatoms. The van der Waals surface area contributed by atoms with Crippen LogP contribution in [-0.4, -0.2) is 40.6 Å². The highest BCUT2D eigenvalue weighted by atomic mass is 19.4. The van der Waals surface area contributed by atoms with E-state index in [2.05, 4.69) is 35.4 Å². The van der Waals surface area contributed by atoms with Crippen LogP contribution in [0.25, 0.3) is 33.8 Å². The summed E-state index contributed by atoms with van der Waals surface area (Å²) < 4.78 is 45.6. The maximum absolute atomic E-state index is 12.9. The van der Waals surface area contributed by atoms with Gasteiger partial charge in [-0.05, 0) is 18.2 Å². The van der Waals surface area contributed by atoms with E-state index < -0.39 is 17.6 Å². The molecule has 0 bridgehead atoms. The summed E-state index contributed by atoms with van der Waals surface area (Å²) in [4.78, 5) is 31.8. The van der Waals surface area contributed by atoms with Crippen molar-refractivity contribution in [1.82, 2.24) is 40.0 Å². The third-order valence-electron chi connectivity index (χ3n) is 4.74. The van der Waals surface area contributed by atoms with E-state index in [9.17, 15) is 18.0 Å². The van der Waals surface area contributed by atoms with Crippen molar-refractivity contribution in [3.05, 3.63) is 53.9 Å². The molecule has 5 rings (SSSR count). The third kappa shape index (κ3) is 3.42. The molecule has 0 fully saturated rings. The zero-order chi connectivity index (χ0) is 22.5. The molecule has 32 heavy (non-hydrogen) atoms. The molecule has 0 saturated heterocycles. The molecule has 10 nitrogen and oxygen atoms in total. The summed E-state index contributed by atoms with van der Waals surface area (Å²) >= 11 is 0. The molecule has 1 aromatic carbocycles. The van der Waals surface area contributed by atoms with Gasteiger partial charge in [-0.1, -0.05) is 5.16 Å². The summed E-state index contributed by atoms with van der Waals surface area (Å²) in [6.07, 6.45) is -1.65. The maximum atomic E-state index is 12.9. The van der Waals surface area contributed by atoms with Crippen molar-refractivity contribution in [2.75, 3.05) is 0 Å². The fourth-order valence-corrected chi connectivity index (χ4v) is 3.18. The minimum absolute atomic E-state index is 0.0269. The molecule has 0 aliphatic rings. The number of H-pyrrole nitrogens is 1. The number of aromatic amines is 1. The van der Waals surface area contributed by atoms with Crippen LogP contribution in [0.1, 0.15) is 21.7 Å². The van der Waals surface area contributed by atoms with E-state index in [1.54, 1.807) is 11.6 Å². The highest BCUT2D eigenvalue weighted by molar-refractivity contribution is 6.02. The largest absolute Gasteiger partial charge is 0.416 e. The average molecular weight is 442 g/mol. The predicted molar refractivity (Wildman–Crippen MR) is 104 cm³/mol. The normalized spacial score (nSPS) is 12.0. The minimum atomic E-state index is -4.46. The second-order valence-electron chi connectivity index (χ2n) is 6.93. The number of aromatic nitrogens is 7. The van der Waals surface area contributed by atoms with Gasteiger partial charge < -0.3 is 19.4 Å². The molecule has 0 aliphatic heterocycles. The van der Waals surface area contributed by atoms with E-state index in [-0.39, 0.29) is 29.3 Å². The van der Waals surface area contributed by atoms with Gasteiger partial charge in [0.25, 0.3) is 5.91 Å². The summed E-state index contributed by atoms with van der Waals surface area (Å²) in [6.45, 7) is 0.0269. The zero-order valence-electron chi connectivity index (χ0n) is 16.3. The van der Waals surface area contributed by atoms with Crippen LogP contribution in [0.15, 0.2) is 41.4 Å². The van der Waals surface area contributed by atoms with Crippen molar-refractivity contribution in [2.24, 2.45) is 7.05 Å². The summed E-state index contributed by atoms with van der Waals surface area (Å²) in [7, 11) is 1.75. The van der Waals surface area contributed by atoms with Gasteiger partial charge in [-0.25, -0.2) is 19.9 Å². The van der Waals surface area contributed by atoms with Gasteiger partial charge >= 0.3 is 6.18 Å². The first kappa shape index (κ1) is 19.7. The van der Waals surface area contributed by atoms with E-state index in [1.165, 1.54) is 24.8 Å². The predicted octanol–water partition coefficient (Wildman–Crippen LogP) is 2.84. The molecule has 0 saturated carbocycles. The molecule has 4 aromatic heterocycles. The number of hydrogen-bond acceptors (Lipinski definition) is 7. The topological polar surface area (TPSA) is 127 Å². The highest BCUT2D eigenvalue weighted by Crippen LogP contribution is 2.31. The summed E-state index contributed by atoms with van der Waals surface area (Å²) in [5.41, 5.74) is 1.17. The SMILES string of the molecule is Cn1cnc2c(C(=O)NCc3cc(-c4nc5ccc(C(F)(F)F)cc5[nH]4)on3)ncnc21. The molecule has 162 valence electrons.